The fourth-order valence-corrected chi connectivity index (χ4v) is 2.52. The lowest BCUT2D eigenvalue weighted by atomic mass is 10.1. The monoisotopic (exact) mass is 264 g/mol. The van der Waals surface area contributed by atoms with Crippen LogP contribution in [0.4, 0.5) is 5.69 Å². The Labute approximate surface area is 110 Å². The quantitative estimate of drug-likeness (QED) is 0.662. The van der Waals surface area contributed by atoms with Gasteiger partial charge >= 0.3 is 0 Å². The molecule has 1 saturated heterocycles. The number of nitro groups is 1. The van der Waals surface area contributed by atoms with Gasteiger partial charge in [0, 0.05) is 12.1 Å². The number of likely N-dealkylation sites (tertiary alicyclic amines) is 1. The van der Waals surface area contributed by atoms with E-state index in [1.807, 2.05) is 0 Å². The van der Waals surface area contributed by atoms with E-state index in [1.165, 1.54) is 11.0 Å². The number of rotatable bonds is 3. The third kappa shape index (κ3) is 2.44. The maximum absolute atomic E-state index is 12.4. The molecule has 19 heavy (non-hydrogen) atoms. The lowest BCUT2D eigenvalue weighted by molar-refractivity contribution is -0.385. The number of aryl methyl sites for hydroxylation is 1. The van der Waals surface area contributed by atoms with E-state index in [-0.39, 0.29) is 29.8 Å². The Morgan fingerprint density at radius 2 is 2.32 bits per heavy atom. The number of carbonyl (C=O) groups is 1. The Kier molecular flexibility index (Phi) is 3.80. The van der Waals surface area contributed by atoms with Gasteiger partial charge in [-0.1, -0.05) is 12.1 Å². The fraction of sp³-hybridized carbons (Fsp3) is 0.462. The topological polar surface area (TPSA) is 83.7 Å². The first-order valence-electron chi connectivity index (χ1n) is 6.22. The standard InChI is InChI=1S/C13H16N2O4/c1-9-4-2-6-11(12(9)15(18)19)13(17)14-7-3-5-10(14)8-16/h2,4,6,10,16H,3,5,7-8H2,1H3. The Hall–Kier alpha value is -1.95. The van der Waals surface area contributed by atoms with Gasteiger partial charge < -0.3 is 10.0 Å². The molecule has 1 amide bonds. The summed E-state index contributed by atoms with van der Waals surface area (Å²) in [5, 5.41) is 20.3. The molecule has 0 saturated carbocycles. The molecule has 1 aliphatic rings. The van der Waals surface area contributed by atoms with Gasteiger partial charge in [-0.15, -0.1) is 0 Å². The number of nitrogens with zero attached hydrogens (tertiary/aromatic N) is 2. The van der Waals surface area contributed by atoms with Gasteiger partial charge in [-0.2, -0.15) is 0 Å². The van der Waals surface area contributed by atoms with Gasteiger partial charge in [0.15, 0.2) is 0 Å². The summed E-state index contributed by atoms with van der Waals surface area (Å²) in [4.78, 5) is 24.5. The van der Waals surface area contributed by atoms with E-state index in [4.69, 9.17) is 0 Å². The summed E-state index contributed by atoms with van der Waals surface area (Å²) in [6.07, 6.45) is 1.55. The highest BCUT2D eigenvalue weighted by Crippen LogP contribution is 2.27. The molecule has 0 bridgehead atoms. The number of carbonyl (C=O) groups excluding carboxylic acids is 1. The minimum atomic E-state index is -0.521. The van der Waals surface area contributed by atoms with Crippen molar-refractivity contribution in [3.63, 3.8) is 0 Å². The molecule has 2 rings (SSSR count). The number of aliphatic hydroxyl groups is 1. The lowest BCUT2D eigenvalue weighted by Crippen LogP contribution is -2.37. The second-order valence-corrected chi connectivity index (χ2v) is 4.71. The molecule has 0 radical (unpaired) electrons. The molecule has 0 aliphatic carbocycles. The number of aliphatic hydroxyl groups excluding tert-OH is 1. The first kappa shape index (κ1) is 13.5. The van der Waals surface area contributed by atoms with Crippen molar-refractivity contribution in [2.45, 2.75) is 25.8 Å². The van der Waals surface area contributed by atoms with E-state index < -0.39 is 4.92 Å². The highest BCUT2D eigenvalue weighted by molar-refractivity contribution is 5.99. The number of para-hydroxylation sites is 1. The molecule has 6 nitrogen and oxygen atoms in total. The number of amides is 1. The molecule has 1 aliphatic heterocycles. The van der Waals surface area contributed by atoms with Crippen LogP contribution >= 0.6 is 0 Å². The van der Waals surface area contributed by atoms with Crippen LogP contribution in [0.2, 0.25) is 0 Å². The lowest BCUT2D eigenvalue weighted by Gasteiger charge is -2.23. The summed E-state index contributed by atoms with van der Waals surface area (Å²) in [7, 11) is 0. The SMILES string of the molecule is Cc1cccc(C(=O)N2CCCC2CO)c1[N+](=O)[O-]. The van der Waals surface area contributed by atoms with Gasteiger partial charge in [0.25, 0.3) is 11.6 Å². The van der Waals surface area contributed by atoms with E-state index in [2.05, 4.69) is 0 Å². The third-order valence-corrected chi connectivity index (χ3v) is 3.50. The Balaban J connectivity index is 2.39. The fourth-order valence-electron chi connectivity index (χ4n) is 2.52. The van der Waals surface area contributed by atoms with Crippen LogP contribution in [0.5, 0.6) is 0 Å². The average molecular weight is 264 g/mol. The van der Waals surface area contributed by atoms with Crippen LogP contribution in [-0.2, 0) is 0 Å². The average Bonchev–Trinajstić information content (AvgIpc) is 2.85. The van der Waals surface area contributed by atoms with Crippen LogP contribution in [0, 0.1) is 17.0 Å². The number of benzene rings is 1. The van der Waals surface area contributed by atoms with Gasteiger partial charge in [-0.25, -0.2) is 0 Å². The first-order chi connectivity index (χ1) is 9.06. The van der Waals surface area contributed by atoms with Gasteiger partial charge in [-0.05, 0) is 25.8 Å². The minimum absolute atomic E-state index is 0.102. The summed E-state index contributed by atoms with van der Waals surface area (Å²) in [5.41, 5.74) is 0.428. The first-order valence-corrected chi connectivity index (χ1v) is 6.22. The second kappa shape index (κ2) is 5.36. The van der Waals surface area contributed by atoms with Crippen LogP contribution in [0.1, 0.15) is 28.8 Å². The Bertz CT molecular complexity index is 515. The second-order valence-electron chi connectivity index (χ2n) is 4.71. The molecule has 1 fully saturated rings. The third-order valence-electron chi connectivity index (χ3n) is 3.50. The molecule has 0 aromatic heterocycles. The molecule has 1 aromatic carbocycles. The molecule has 1 N–H and O–H groups in total. The van der Waals surface area contributed by atoms with Crippen LogP contribution in [0.15, 0.2) is 18.2 Å². The van der Waals surface area contributed by atoms with Gasteiger partial charge in [0.1, 0.15) is 5.56 Å². The Morgan fingerprint density at radius 3 is 2.95 bits per heavy atom. The minimum Gasteiger partial charge on any atom is -0.394 e. The van der Waals surface area contributed by atoms with Crippen molar-refractivity contribution in [3.8, 4) is 0 Å². The summed E-state index contributed by atoms with van der Waals surface area (Å²) in [6.45, 7) is 2.04. The van der Waals surface area contributed by atoms with Crippen molar-refractivity contribution >= 4 is 11.6 Å². The molecule has 1 unspecified atom stereocenters. The van der Waals surface area contributed by atoms with E-state index in [0.717, 1.165) is 12.8 Å². The maximum atomic E-state index is 12.4. The van der Waals surface area contributed by atoms with Crippen LogP contribution in [0.25, 0.3) is 0 Å². The number of hydrogen-bond acceptors (Lipinski definition) is 4. The molecule has 0 spiro atoms. The summed E-state index contributed by atoms with van der Waals surface area (Å²) < 4.78 is 0. The molecule has 102 valence electrons. The van der Waals surface area contributed by atoms with Crippen LogP contribution < -0.4 is 0 Å². The van der Waals surface area contributed by atoms with Crippen molar-refractivity contribution in [3.05, 3.63) is 39.4 Å². The highest BCUT2D eigenvalue weighted by Gasteiger charge is 2.32. The number of hydrogen-bond donors (Lipinski definition) is 1. The van der Waals surface area contributed by atoms with Crippen LogP contribution in [-0.4, -0.2) is 40.0 Å². The van der Waals surface area contributed by atoms with E-state index in [0.29, 0.717) is 12.1 Å². The predicted molar refractivity (Wildman–Crippen MR) is 69.0 cm³/mol. The van der Waals surface area contributed by atoms with Crippen molar-refractivity contribution in [1.82, 2.24) is 4.90 Å². The van der Waals surface area contributed by atoms with Crippen LogP contribution in [0.3, 0.4) is 0 Å². The molecule has 1 atom stereocenters. The van der Waals surface area contributed by atoms with E-state index in [1.54, 1.807) is 19.1 Å². The van der Waals surface area contributed by atoms with E-state index in [9.17, 15) is 20.0 Å². The Morgan fingerprint density at radius 1 is 1.58 bits per heavy atom. The van der Waals surface area contributed by atoms with Gasteiger partial charge in [0.2, 0.25) is 0 Å². The van der Waals surface area contributed by atoms with Crippen molar-refractivity contribution < 1.29 is 14.8 Å². The van der Waals surface area contributed by atoms with Gasteiger partial charge in [0.05, 0.1) is 17.6 Å². The summed E-state index contributed by atoms with van der Waals surface area (Å²) >= 11 is 0. The summed E-state index contributed by atoms with van der Waals surface area (Å²) in [5.74, 6) is -0.369. The van der Waals surface area contributed by atoms with Gasteiger partial charge in [-0.3, -0.25) is 14.9 Å². The molecular formula is C13H16N2O4. The molecule has 6 heteroatoms. The highest BCUT2D eigenvalue weighted by atomic mass is 16.6. The predicted octanol–water partition coefficient (Wildman–Crippen LogP) is 1.50. The van der Waals surface area contributed by atoms with E-state index >= 15 is 0 Å². The maximum Gasteiger partial charge on any atom is 0.285 e. The zero-order valence-electron chi connectivity index (χ0n) is 10.7. The zero-order chi connectivity index (χ0) is 14.0. The van der Waals surface area contributed by atoms with Crippen molar-refractivity contribution in [1.29, 1.82) is 0 Å². The normalized spacial score (nSPS) is 18.6. The largest absolute Gasteiger partial charge is 0.394 e. The molecule has 1 heterocycles. The van der Waals surface area contributed by atoms with Crippen molar-refractivity contribution in [2.24, 2.45) is 0 Å². The summed E-state index contributed by atoms with van der Waals surface area (Å²) in [6, 6.07) is 4.50. The molecule has 1 aromatic rings. The van der Waals surface area contributed by atoms with Crippen molar-refractivity contribution in [2.75, 3.05) is 13.2 Å². The number of nitro benzene ring substituents is 1. The smallest absolute Gasteiger partial charge is 0.285 e. The molecular weight excluding hydrogens is 248 g/mol. The zero-order valence-corrected chi connectivity index (χ0v) is 10.7.